The predicted octanol–water partition coefficient (Wildman–Crippen LogP) is 3.41. The third-order valence-electron chi connectivity index (χ3n) is 3.13. The van der Waals surface area contributed by atoms with Crippen LogP contribution in [-0.2, 0) is 4.79 Å². The monoisotopic (exact) mass is 365 g/mol. The Labute approximate surface area is 125 Å². The molecule has 1 heterocycles. The molecular formula is C15H12INO2. The molecule has 1 aliphatic rings. The van der Waals surface area contributed by atoms with Crippen molar-refractivity contribution in [3.05, 3.63) is 57.7 Å². The van der Waals surface area contributed by atoms with E-state index in [1.54, 1.807) is 0 Å². The van der Waals surface area contributed by atoms with Gasteiger partial charge in [0.15, 0.2) is 0 Å². The summed E-state index contributed by atoms with van der Waals surface area (Å²) < 4.78 is 6.67. The normalized spacial score (nSPS) is 16.6. The van der Waals surface area contributed by atoms with Crippen molar-refractivity contribution >= 4 is 34.2 Å². The molecule has 0 saturated carbocycles. The number of halogens is 1. The Balaban J connectivity index is 1.77. The number of carbonyl (C=O) groups is 1. The zero-order valence-electron chi connectivity index (χ0n) is 10.1. The van der Waals surface area contributed by atoms with E-state index in [1.807, 2.05) is 48.5 Å². The van der Waals surface area contributed by atoms with E-state index in [2.05, 4.69) is 27.9 Å². The van der Waals surface area contributed by atoms with Crippen molar-refractivity contribution in [2.45, 2.75) is 5.92 Å². The number of rotatable bonds is 2. The van der Waals surface area contributed by atoms with Gasteiger partial charge in [0.25, 0.3) is 0 Å². The van der Waals surface area contributed by atoms with Gasteiger partial charge in [-0.3, -0.25) is 4.79 Å². The summed E-state index contributed by atoms with van der Waals surface area (Å²) in [6, 6.07) is 15.4. The summed E-state index contributed by atoms with van der Waals surface area (Å²) in [4.78, 5) is 12.3. The minimum atomic E-state index is -0.226. The minimum Gasteiger partial charge on any atom is -0.492 e. The van der Waals surface area contributed by atoms with Gasteiger partial charge in [0.1, 0.15) is 18.3 Å². The molecule has 1 aliphatic heterocycles. The molecule has 1 unspecified atom stereocenters. The van der Waals surface area contributed by atoms with E-state index in [0.29, 0.717) is 6.61 Å². The maximum absolute atomic E-state index is 12.3. The van der Waals surface area contributed by atoms with Gasteiger partial charge in [0.2, 0.25) is 5.91 Å². The summed E-state index contributed by atoms with van der Waals surface area (Å²) in [7, 11) is 0. The van der Waals surface area contributed by atoms with Gasteiger partial charge in [-0.15, -0.1) is 0 Å². The van der Waals surface area contributed by atoms with Crippen molar-refractivity contribution in [3.8, 4) is 5.75 Å². The number of hydrogen-bond donors (Lipinski definition) is 1. The summed E-state index contributed by atoms with van der Waals surface area (Å²) in [5.74, 6) is 0.562. The molecule has 3 rings (SSSR count). The van der Waals surface area contributed by atoms with E-state index in [1.165, 1.54) is 0 Å². The summed E-state index contributed by atoms with van der Waals surface area (Å²) in [5, 5.41) is 2.93. The molecule has 1 amide bonds. The number of benzene rings is 2. The number of carbonyl (C=O) groups excluding carboxylic acids is 1. The fourth-order valence-electron chi connectivity index (χ4n) is 2.14. The Kier molecular flexibility index (Phi) is 3.42. The van der Waals surface area contributed by atoms with Gasteiger partial charge in [0.05, 0.1) is 0 Å². The molecule has 0 bridgehead atoms. The van der Waals surface area contributed by atoms with E-state index in [4.69, 9.17) is 4.74 Å². The van der Waals surface area contributed by atoms with E-state index < -0.39 is 0 Å². The second-order valence-electron chi connectivity index (χ2n) is 4.40. The number of fused-ring (bicyclic) bond motifs is 1. The van der Waals surface area contributed by atoms with Crippen molar-refractivity contribution in [2.75, 3.05) is 11.9 Å². The van der Waals surface area contributed by atoms with Crippen LogP contribution in [-0.4, -0.2) is 12.5 Å². The molecule has 0 saturated heterocycles. The average Bonchev–Trinajstić information content (AvgIpc) is 2.85. The molecule has 0 spiro atoms. The van der Waals surface area contributed by atoms with Crippen LogP contribution in [0.4, 0.5) is 5.69 Å². The molecule has 2 aromatic rings. The lowest BCUT2D eigenvalue weighted by atomic mass is 10.0. The molecular weight excluding hydrogens is 353 g/mol. The first-order chi connectivity index (χ1) is 9.24. The van der Waals surface area contributed by atoms with Gasteiger partial charge >= 0.3 is 0 Å². The van der Waals surface area contributed by atoms with Crippen molar-refractivity contribution in [3.63, 3.8) is 0 Å². The maximum Gasteiger partial charge on any atom is 0.235 e. The molecule has 96 valence electrons. The van der Waals surface area contributed by atoms with Gasteiger partial charge in [-0.05, 0) is 52.9 Å². The molecule has 1 atom stereocenters. The zero-order valence-corrected chi connectivity index (χ0v) is 12.3. The van der Waals surface area contributed by atoms with Crippen LogP contribution in [0.25, 0.3) is 0 Å². The summed E-state index contributed by atoms with van der Waals surface area (Å²) in [5.41, 5.74) is 1.78. The van der Waals surface area contributed by atoms with Gasteiger partial charge < -0.3 is 10.1 Å². The number of ether oxygens (including phenoxy) is 1. The van der Waals surface area contributed by atoms with Gasteiger partial charge in [0, 0.05) is 14.8 Å². The van der Waals surface area contributed by atoms with Crippen molar-refractivity contribution in [2.24, 2.45) is 0 Å². The smallest absolute Gasteiger partial charge is 0.235 e. The number of amides is 1. The van der Waals surface area contributed by atoms with Gasteiger partial charge in [-0.2, -0.15) is 0 Å². The van der Waals surface area contributed by atoms with E-state index in [0.717, 1.165) is 20.6 Å². The maximum atomic E-state index is 12.3. The first kappa shape index (κ1) is 12.5. The van der Waals surface area contributed by atoms with Crippen LogP contribution < -0.4 is 10.1 Å². The average molecular weight is 365 g/mol. The van der Waals surface area contributed by atoms with Crippen LogP contribution in [0.15, 0.2) is 48.5 Å². The molecule has 0 aromatic heterocycles. The number of anilines is 1. The van der Waals surface area contributed by atoms with Crippen LogP contribution in [0.2, 0.25) is 0 Å². The van der Waals surface area contributed by atoms with Gasteiger partial charge in [-0.25, -0.2) is 0 Å². The summed E-state index contributed by atoms with van der Waals surface area (Å²) in [6.45, 7) is 0.412. The number of hydrogen-bond acceptors (Lipinski definition) is 2. The first-order valence-electron chi connectivity index (χ1n) is 6.02. The predicted molar refractivity (Wildman–Crippen MR) is 82.5 cm³/mol. The fraction of sp³-hybridized carbons (Fsp3) is 0.133. The quantitative estimate of drug-likeness (QED) is 0.829. The Morgan fingerprint density at radius 2 is 1.89 bits per heavy atom. The Morgan fingerprint density at radius 1 is 1.16 bits per heavy atom. The van der Waals surface area contributed by atoms with Crippen molar-refractivity contribution in [1.29, 1.82) is 0 Å². The van der Waals surface area contributed by atoms with Crippen molar-refractivity contribution < 1.29 is 9.53 Å². The van der Waals surface area contributed by atoms with Gasteiger partial charge in [-0.1, -0.05) is 18.2 Å². The Bertz CT molecular complexity index is 610. The van der Waals surface area contributed by atoms with Crippen LogP contribution in [0, 0.1) is 3.57 Å². The Morgan fingerprint density at radius 3 is 2.68 bits per heavy atom. The molecule has 0 radical (unpaired) electrons. The summed E-state index contributed by atoms with van der Waals surface area (Å²) >= 11 is 2.24. The lowest BCUT2D eigenvalue weighted by Gasteiger charge is -2.10. The first-order valence-corrected chi connectivity index (χ1v) is 7.10. The highest BCUT2D eigenvalue weighted by molar-refractivity contribution is 14.1. The second-order valence-corrected chi connectivity index (χ2v) is 5.64. The minimum absolute atomic E-state index is 0.0221. The number of para-hydroxylation sites is 1. The van der Waals surface area contributed by atoms with E-state index >= 15 is 0 Å². The molecule has 3 nitrogen and oxygen atoms in total. The summed E-state index contributed by atoms with van der Waals surface area (Å²) in [6.07, 6.45) is 0. The van der Waals surface area contributed by atoms with Crippen LogP contribution >= 0.6 is 22.6 Å². The third-order valence-corrected chi connectivity index (χ3v) is 3.85. The molecule has 0 aliphatic carbocycles. The number of nitrogens with one attached hydrogen (secondary N) is 1. The third kappa shape index (κ3) is 2.58. The lowest BCUT2D eigenvalue weighted by Crippen LogP contribution is -2.22. The largest absolute Gasteiger partial charge is 0.492 e. The van der Waals surface area contributed by atoms with Crippen molar-refractivity contribution in [1.82, 2.24) is 0 Å². The molecule has 19 heavy (non-hydrogen) atoms. The van der Waals surface area contributed by atoms with Crippen LogP contribution in [0.3, 0.4) is 0 Å². The highest BCUT2D eigenvalue weighted by atomic mass is 127. The second kappa shape index (κ2) is 5.21. The van der Waals surface area contributed by atoms with Crippen LogP contribution in [0.5, 0.6) is 5.75 Å². The van der Waals surface area contributed by atoms with E-state index in [-0.39, 0.29) is 11.8 Å². The zero-order chi connectivity index (χ0) is 13.2. The lowest BCUT2D eigenvalue weighted by molar-refractivity contribution is -0.117. The highest BCUT2D eigenvalue weighted by Gasteiger charge is 2.29. The Hall–Kier alpha value is -1.56. The molecule has 4 heteroatoms. The topological polar surface area (TPSA) is 38.3 Å². The molecule has 1 N–H and O–H groups in total. The van der Waals surface area contributed by atoms with Crippen LogP contribution in [0.1, 0.15) is 11.5 Å². The molecule has 2 aromatic carbocycles. The highest BCUT2D eigenvalue weighted by Crippen LogP contribution is 2.34. The fourth-order valence-corrected chi connectivity index (χ4v) is 2.50. The van der Waals surface area contributed by atoms with E-state index in [9.17, 15) is 4.79 Å². The molecule has 0 fully saturated rings. The standard InChI is InChI=1S/C15H12INO2/c16-10-5-7-11(8-6-10)17-15(18)13-9-19-14-4-2-1-3-12(13)14/h1-8,13H,9H2,(H,17,18). The SMILES string of the molecule is O=C(Nc1ccc(I)cc1)C1COc2ccccc21.